The summed E-state index contributed by atoms with van der Waals surface area (Å²) in [6.07, 6.45) is -2.03. The molecule has 1 amide bonds. The largest absolute Gasteiger partial charge is 0.416 e. The van der Waals surface area contributed by atoms with E-state index in [0.717, 1.165) is 12.1 Å². The van der Waals surface area contributed by atoms with Crippen molar-refractivity contribution < 1.29 is 26.4 Å². The minimum absolute atomic E-state index is 0.0204. The van der Waals surface area contributed by atoms with Crippen molar-refractivity contribution in [1.82, 2.24) is 9.73 Å². The number of hydrogen-bond donors (Lipinski definition) is 1. The van der Waals surface area contributed by atoms with Gasteiger partial charge in [-0.2, -0.15) is 18.3 Å². The number of piperidine rings is 1. The first kappa shape index (κ1) is 20.4. The van der Waals surface area contributed by atoms with Crippen LogP contribution in [-0.4, -0.2) is 43.7 Å². The van der Waals surface area contributed by atoms with Crippen LogP contribution in [0.15, 0.2) is 29.4 Å². The molecule has 1 aromatic carbocycles. The summed E-state index contributed by atoms with van der Waals surface area (Å²) in [5, 5.41) is 3.74. The highest BCUT2D eigenvalue weighted by atomic mass is 32.2. The predicted molar refractivity (Wildman–Crippen MR) is 90.9 cm³/mol. The number of nitrogens with zero attached hydrogens (tertiary/aromatic N) is 2. The summed E-state index contributed by atoms with van der Waals surface area (Å²) in [5.41, 5.74) is 1.96. The van der Waals surface area contributed by atoms with Crippen molar-refractivity contribution in [3.05, 3.63) is 35.4 Å². The molecule has 1 saturated heterocycles. The number of halogens is 3. The number of benzene rings is 1. The van der Waals surface area contributed by atoms with Gasteiger partial charge in [0.15, 0.2) is 0 Å². The summed E-state index contributed by atoms with van der Waals surface area (Å²) in [7, 11) is -3.34. The molecule has 1 aliphatic rings. The van der Waals surface area contributed by atoms with Crippen LogP contribution in [0.3, 0.4) is 0 Å². The molecular formula is C16H20F3N3O3S. The Kier molecular flexibility index (Phi) is 6.40. The van der Waals surface area contributed by atoms with Gasteiger partial charge in [0.25, 0.3) is 0 Å². The van der Waals surface area contributed by atoms with Gasteiger partial charge in [0.05, 0.1) is 23.4 Å². The summed E-state index contributed by atoms with van der Waals surface area (Å²) < 4.78 is 62.6. The number of hydrazone groups is 1. The molecule has 1 aliphatic heterocycles. The van der Waals surface area contributed by atoms with Crippen LogP contribution in [0.1, 0.15) is 30.9 Å². The van der Waals surface area contributed by atoms with E-state index in [-0.39, 0.29) is 12.3 Å². The summed E-state index contributed by atoms with van der Waals surface area (Å²) in [6, 6.07) is 4.35. The van der Waals surface area contributed by atoms with Crippen LogP contribution in [0.4, 0.5) is 13.2 Å². The lowest BCUT2D eigenvalue weighted by Gasteiger charge is -2.30. The van der Waals surface area contributed by atoms with Gasteiger partial charge in [0.1, 0.15) is 0 Å². The molecule has 0 aromatic heterocycles. The van der Waals surface area contributed by atoms with Crippen molar-refractivity contribution in [2.75, 3.05) is 18.8 Å². The van der Waals surface area contributed by atoms with Crippen LogP contribution >= 0.6 is 0 Å². The fraction of sp³-hybridized carbons (Fsp3) is 0.500. The number of hydrogen-bond acceptors (Lipinski definition) is 4. The van der Waals surface area contributed by atoms with Crippen molar-refractivity contribution in [1.29, 1.82) is 0 Å². The zero-order valence-corrected chi connectivity index (χ0v) is 15.0. The molecule has 2 rings (SSSR count). The molecule has 0 saturated carbocycles. The standard InChI is InChI=1S/C16H20F3N3O3S/c1-2-26(24,25)22-9-3-4-13(11-22)15(23)21-20-10-12-5-7-14(8-6-12)16(17,18)19/h5-8,10,13H,2-4,9,11H2,1H3,(H,21,23). The SMILES string of the molecule is CCS(=O)(=O)N1CCCC(C(=O)NN=Cc2ccc(C(F)(F)F)cc2)C1. The van der Waals surface area contributed by atoms with E-state index in [1.165, 1.54) is 22.7 Å². The van der Waals surface area contributed by atoms with Gasteiger partial charge in [-0.1, -0.05) is 12.1 Å². The Morgan fingerprint density at radius 3 is 2.58 bits per heavy atom. The number of sulfonamides is 1. The topological polar surface area (TPSA) is 78.8 Å². The lowest BCUT2D eigenvalue weighted by Crippen LogP contribution is -2.45. The van der Waals surface area contributed by atoms with E-state index < -0.39 is 33.6 Å². The normalized spacial score (nSPS) is 19.6. The quantitative estimate of drug-likeness (QED) is 0.618. The first-order chi connectivity index (χ1) is 12.1. The molecule has 1 heterocycles. The van der Waals surface area contributed by atoms with E-state index in [1.807, 2.05) is 0 Å². The van der Waals surface area contributed by atoms with Gasteiger partial charge in [-0.05, 0) is 37.5 Å². The van der Waals surface area contributed by atoms with Crippen LogP contribution in [0, 0.1) is 5.92 Å². The van der Waals surface area contributed by atoms with Gasteiger partial charge in [-0.25, -0.2) is 18.1 Å². The Balaban J connectivity index is 1.92. The Hall–Kier alpha value is -1.94. The lowest BCUT2D eigenvalue weighted by atomic mass is 9.99. The fourth-order valence-electron chi connectivity index (χ4n) is 2.61. The molecule has 10 heteroatoms. The van der Waals surface area contributed by atoms with Gasteiger partial charge in [0, 0.05) is 13.1 Å². The highest BCUT2D eigenvalue weighted by Crippen LogP contribution is 2.28. The molecule has 1 N–H and O–H groups in total. The Bertz CT molecular complexity index is 761. The number of carbonyl (C=O) groups excluding carboxylic acids is 1. The van der Waals surface area contributed by atoms with E-state index in [0.29, 0.717) is 24.9 Å². The molecule has 1 fully saturated rings. The summed E-state index contributed by atoms with van der Waals surface area (Å²) >= 11 is 0. The Labute approximate surface area is 150 Å². The molecule has 1 aromatic rings. The first-order valence-electron chi connectivity index (χ1n) is 8.11. The zero-order chi connectivity index (χ0) is 19.4. The Morgan fingerprint density at radius 2 is 2.00 bits per heavy atom. The maximum Gasteiger partial charge on any atom is 0.416 e. The summed E-state index contributed by atoms with van der Waals surface area (Å²) in [4.78, 5) is 12.1. The summed E-state index contributed by atoms with van der Waals surface area (Å²) in [5.74, 6) is -0.938. The number of alkyl halides is 3. The van der Waals surface area contributed by atoms with Crippen LogP contribution in [0.25, 0.3) is 0 Å². The van der Waals surface area contributed by atoms with Crippen LogP contribution in [0.2, 0.25) is 0 Å². The van der Waals surface area contributed by atoms with Crippen LogP contribution in [-0.2, 0) is 21.0 Å². The van der Waals surface area contributed by atoms with Crippen molar-refractivity contribution in [2.24, 2.45) is 11.0 Å². The van der Waals surface area contributed by atoms with E-state index in [9.17, 15) is 26.4 Å². The highest BCUT2D eigenvalue weighted by molar-refractivity contribution is 7.89. The maximum atomic E-state index is 12.5. The molecule has 0 radical (unpaired) electrons. The lowest BCUT2D eigenvalue weighted by molar-refractivity contribution is -0.137. The molecule has 1 unspecified atom stereocenters. The number of nitrogens with one attached hydrogen (secondary N) is 1. The molecular weight excluding hydrogens is 371 g/mol. The molecule has 26 heavy (non-hydrogen) atoms. The molecule has 0 aliphatic carbocycles. The van der Waals surface area contributed by atoms with Gasteiger partial charge < -0.3 is 0 Å². The van der Waals surface area contributed by atoms with Crippen molar-refractivity contribution in [3.63, 3.8) is 0 Å². The maximum absolute atomic E-state index is 12.5. The van der Waals surface area contributed by atoms with Crippen LogP contribution in [0.5, 0.6) is 0 Å². The molecule has 1 atom stereocenters. The molecule has 0 bridgehead atoms. The number of amides is 1. The second kappa shape index (κ2) is 8.17. The fourth-order valence-corrected chi connectivity index (χ4v) is 3.79. The van der Waals surface area contributed by atoms with E-state index in [1.54, 1.807) is 6.92 Å². The van der Waals surface area contributed by atoms with E-state index in [4.69, 9.17) is 0 Å². The predicted octanol–water partition coefficient (Wildman–Crippen LogP) is 2.22. The van der Waals surface area contributed by atoms with Crippen LogP contribution < -0.4 is 5.43 Å². The minimum atomic E-state index is -4.41. The Morgan fingerprint density at radius 1 is 1.35 bits per heavy atom. The molecule has 0 spiro atoms. The smallest absolute Gasteiger partial charge is 0.273 e. The van der Waals surface area contributed by atoms with Gasteiger partial charge >= 0.3 is 6.18 Å². The van der Waals surface area contributed by atoms with Gasteiger partial charge in [0.2, 0.25) is 15.9 Å². The summed E-state index contributed by atoms with van der Waals surface area (Å²) in [6.45, 7) is 2.06. The van der Waals surface area contributed by atoms with Gasteiger partial charge in [-0.3, -0.25) is 4.79 Å². The van der Waals surface area contributed by atoms with Crippen molar-refractivity contribution in [3.8, 4) is 0 Å². The minimum Gasteiger partial charge on any atom is -0.273 e. The van der Waals surface area contributed by atoms with E-state index in [2.05, 4.69) is 10.5 Å². The van der Waals surface area contributed by atoms with Crippen molar-refractivity contribution in [2.45, 2.75) is 25.9 Å². The van der Waals surface area contributed by atoms with E-state index >= 15 is 0 Å². The number of carbonyl (C=O) groups is 1. The average Bonchev–Trinajstić information content (AvgIpc) is 2.61. The zero-order valence-electron chi connectivity index (χ0n) is 14.2. The first-order valence-corrected chi connectivity index (χ1v) is 9.72. The second-order valence-corrected chi connectivity index (χ2v) is 8.21. The molecule has 6 nitrogen and oxygen atoms in total. The number of rotatable bonds is 5. The van der Waals surface area contributed by atoms with Gasteiger partial charge in [-0.15, -0.1) is 0 Å². The highest BCUT2D eigenvalue weighted by Gasteiger charge is 2.31. The third kappa shape index (κ3) is 5.28. The third-order valence-corrected chi connectivity index (χ3v) is 5.99. The molecule has 144 valence electrons. The van der Waals surface area contributed by atoms with Crippen molar-refractivity contribution >= 4 is 22.1 Å². The average molecular weight is 391 g/mol. The second-order valence-electron chi connectivity index (χ2n) is 5.95. The monoisotopic (exact) mass is 391 g/mol. The third-order valence-electron chi connectivity index (χ3n) is 4.14.